The van der Waals surface area contributed by atoms with E-state index >= 15 is 0 Å². The average Bonchev–Trinajstić information content (AvgIpc) is 2.47. The Morgan fingerprint density at radius 2 is 2.23 bits per heavy atom. The third kappa shape index (κ3) is 2.47. The number of benzene rings is 1. The zero-order valence-electron chi connectivity index (χ0n) is 12.5. The van der Waals surface area contributed by atoms with Gasteiger partial charge in [0.15, 0.2) is 0 Å². The molecule has 2 amide bonds. The minimum atomic E-state index is -0.548. The highest BCUT2D eigenvalue weighted by Crippen LogP contribution is 2.34. The van der Waals surface area contributed by atoms with Crippen LogP contribution in [0.3, 0.4) is 0 Å². The summed E-state index contributed by atoms with van der Waals surface area (Å²) in [7, 11) is 0. The summed E-state index contributed by atoms with van der Waals surface area (Å²) in [6, 6.07) is 4.77. The number of nitrogens with one attached hydrogen (secondary N) is 2. The Kier molecular flexibility index (Phi) is 3.64. The molecule has 6 nitrogen and oxygen atoms in total. The van der Waals surface area contributed by atoms with Gasteiger partial charge in [0.25, 0.3) is 0 Å². The third-order valence-electron chi connectivity index (χ3n) is 4.18. The Hall–Kier alpha value is -2.31. The number of fused-ring (bicyclic) bond motifs is 1. The molecule has 0 aliphatic carbocycles. The van der Waals surface area contributed by atoms with Crippen LogP contribution >= 0.6 is 0 Å². The number of hydrogen-bond donors (Lipinski definition) is 3. The second-order valence-electron chi connectivity index (χ2n) is 5.64. The summed E-state index contributed by atoms with van der Waals surface area (Å²) in [5.41, 5.74) is 6.42. The summed E-state index contributed by atoms with van der Waals surface area (Å²) in [6.45, 7) is 3.67. The van der Waals surface area contributed by atoms with Crippen LogP contribution in [0.25, 0.3) is 0 Å². The lowest BCUT2D eigenvalue weighted by atomic mass is 9.94. The fourth-order valence-corrected chi connectivity index (χ4v) is 3.03. The first-order valence-electron chi connectivity index (χ1n) is 7.50. The third-order valence-corrected chi connectivity index (χ3v) is 4.18. The molecule has 1 spiro atoms. The van der Waals surface area contributed by atoms with Crippen LogP contribution < -0.4 is 16.4 Å². The van der Waals surface area contributed by atoms with E-state index in [1.165, 1.54) is 6.07 Å². The topological polar surface area (TPSA) is 82.8 Å². The molecule has 4 N–H and O–H groups in total. The van der Waals surface area contributed by atoms with E-state index in [4.69, 9.17) is 5.73 Å². The number of likely N-dealkylation sites (tertiary alicyclic amines) is 1. The van der Waals surface area contributed by atoms with Crippen molar-refractivity contribution in [3.05, 3.63) is 29.6 Å². The van der Waals surface area contributed by atoms with E-state index in [1.54, 1.807) is 17.0 Å². The fraction of sp³-hybridized carbons (Fsp3) is 0.467. The second-order valence-corrected chi connectivity index (χ2v) is 5.64. The van der Waals surface area contributed by atoms with Gasteiger partial charge in [-0.25, -0.2) is 14.2 Å². The summed E-state index contributed by atoms with van der Waals surface area (Å²) >= 11 is 0. The molecule has 0 atom stereocenters. The van der Waals surface area contributed by atoms with Crippen LogP contribution in [0.2, 0.25) is 0 Å². The summed E-state index contributed by atoms with van der Waals surface area (Å²) in [4.78, 5) is 18.1. The Labute approximate surface area is 128 Å². The van der Waals surface area contributed by atoms with Crippen LogP contribution in [0.15, 0.2) is 23.2 Å². The number of hydrogen-bond acceptors (Lipinski definition) is 4. The molecule has 1 fully saturated rings. The highest BCUT2D eigenvalue weighted by atomic mass is 19.1. The number of urea groups is 1. The number of amides is 2. The molecule has 0 radical (unpaired) electrons. The molecule has 0 bridgehead atoms. The lowest BCUT2D eigenvalue weighted by Gasteiger charge is -2.42. The maximum Gasteiger partial charge on any atom is 0.317 e. The summed E-state index contributed by atoms with van der Waals surface area (Å²) in [5.74, 6) is -0.154. The van der Waals surface area contributed by atoms with Gasteiger partial charge in [-0.2, -0.15) is 0 Å². The van der Waals surface area contributed by atoms with E-state index in [0.717, 1.165) is 0 Å². The monoisotopic (exact) mass is 305 g/mol. The average molecular weight is 305 g/mol. The highest BCUT2D eigenvalue weighted by molar-refractivity contribution is 6.04. The van der Waals surface area contributed by atoms with Gasteiger partial charge in [-0.1, -0.05) is 6.07 Å². The van der Waals surface area contributed by atoms with Crippen LogP contribution in [-0.2, 0) is 0 Å². The molecule has 2 aliphatic rings. The Balaban J connectivity index is 1.78. The largest absolute Gasteiger partial charge is 0.383 e. The predicted octanol–water partition coefficient (Wildman–Crippen LogP) is 1.48. The van der Waals surface area contributed by atoms with Gasteiger partial charge < -0.3 is 21.3 Å². The molecular formula is C15H20FN5O. The molecule has 1 aromatic rings. The maximum absolute atomic E-state index is 13.9. The number of amidine groups is 1. The van der Waals surface area contributed by atoms with E-state index in [2.05, 4.69) is 15.6 Å². The normalized spacial score (nSPS) is 19.2. The second kappa shape index (κ2) is 5.47. The van der Waals surface area contributed by atoms with E-state index in [9.17, 15) is 9.18 Å². The lowest BCUT2D eigenvalue weighted by molar-refractivity contribution is 0.167. The van der Waals surface area contributed by atoms with Gasteiger partial charge in [0.2, 0.25) is 0 Å². The number of rotatable bonds is 1. The fourth-order valence-electron chi connectivity index (χ4n) is 3.03. The molecule has 7 heteroatoms. The number of anilines is 1. The molecule has 118 valence electrons. The number of nitrogens with zero attached hydrogens (tertiary/aromatic N) is 2. The van der Waals surface area contributed by atoms with E-state index in [1.807, 2.05) is 6.92 Å². The zero-order chi connectivity index (χ0) is 15.7. The molecule has 2 aliphatic heterocycles. The summed E-state index contributed by atoms with van der Waals surface area (Å²) in [5, 5.41) is 6.10. The molecule has 22 heavy (non-hydrogen) atoms. The number of piperidine rings is 1. The van der Waals surface area contributed by atoms with Gasteiger partial charge in [0, 0.05) is 38.2 Å². The van der Waals surface area contributed by atoms with Gasteiger partial charge in [-0.05, 0) is 19.1 Å². The molecule has 0 saturated carbocycles. The molecule has 1 saturated heterocycles. The first-order valence-corrected chi connectivity index (χ1v) is 7.50. The molecular weight excluding hydrogens is 285 g/mol. The van der Waals surface area contributed by atoms with Crippen molar-refractivity contribution in [2.45, 2.75) is 25.4 Å². The van der Waals surface area contributed by atoms with Crippen molar-refractivity contribution in [1.82, 2.24) is 10.2 Å². The van der Waals surface area contributed by atoms with Crippen molar-refractivity contribution in [3.63, 3.8) is 0 Å². The van der Waals surface area contributed by atoms with Gasteiger partial charge in [0.1, 0.15) is 17.3 Å². The number of aliphatic imine (C=N–C) groups is 1. The predicted molar refractivity (Wildman–Crippen MR) is 83.4 cm³/mol. The molecule has 0 unspecified atom stereocenters. The Bertz CT molecular complexity index is 622. The number of halogens is 1. The van der Waals surface area contributed by atoms with Gasteiger partial charge in [-0.15, -0.1) is 0 Å². The lowest BCUT2D eigenvalue weighted by Crippen LogP contribution is -2.54. The molecule has 2 heterocycles. The van der Waals surface area contributed by atoms with Crippen molar-refractivity contribution in [1.29, 1.82) is 0 Å². The van der Waals surface area contributed by atoms with Crippen molar-refractivity contribution in [3.8, 4) is 0 Å². The van der Waals surface area contributed by atoms with E-state index in [-0.39, 0.29) is 17.7 Å². The van der Waals surface area contributed by atoms with Crippen LogP contribution in [0, 0.1) is 5.82 Å². The van der Waals surface area contributed by atoms with Gasteiger partial charge in [0.05, 0.1) is 5.56 Å². The van der Waals surface area contributed by atoms with Crippen LogP contribution in [-0.4, -0.2) is 42.1 Å². The van der Waals surface area contributed by atoms with Crippen LogP contribution in [0.5, 0.6) is 0 Å². The number of nitrogens with two attached hydrogens (primary N) is 1. The van der Waals surface area contributed by atoms with E-state index in [0.29, 0.717) is 43.7 Å². The Morgan fingerprint density at radius 3 is 2.91 bits per heavy atom. The minimum absolute atomic E-state index is 0.0587. The first kappa shape index (κ1) is 14.6. The zero-order valence-corrected chi connectivity index (χ0v) is 12.5. The molecule has 0 aromatic heterocycles. The van der Waals surface area contributed by atoms with Crippen LogP contribution in [0.1, 0.15) is 25.3 Å². The van der Waals surface area contributed by atoms with E-state index < -0.39 is 5.66 Å². The molecule has 3 rings (SSSR count). The maximum atomic E-state index is 13.9. The van der Waals surface area contributed by atoms with Gasteiger partial charge in [-0.3, -0.25) is 0 Å². The standard InChI is InChI=1S/C15H20FN5O/c1-2-18-14(22)21-8-6-15(7-9-21)19-11-5-3-4-10(16)12(11)13(17)20-15/h3-5,19H,2,6-9H2,1H3,(H2,17,20)(H,18,22). The Morgan fingerprint density at radius 1 is 1.50 bits per heavy atom. The highest BCUT2D eigenvalue weighted by Gasteiger charge is 2.39. The summed E-state index contributed by atoms with van der Waals surface area (Å²) < 4.78 is 13.9. The van der Waals surface area contributed by atoms with Crippen molar-refractivity contribution in [2.75, 3.05) is 25.0 Å². The van der Waals surface area contributed by atoms with Crippen molar-refractivity contribution < 1.29 is 9.18 Å². The van der Waals surface area contributed by atoms with Crippen molar-refractivity contribution in [2.24, 2.45) is 10.7 Å². The van der Waals surface area contributed by atoms with Crippen LogP contribution in [0.4, 0.5) is 14.9 Å². The van der Waals surface area contributed by atoms with Crippen molar-refractivity contribution >= 4 is 17.6 Å². The van der Waals surface area contributed by atoms with Gasteiger partial charge >= 0.3 is 6.03 Å². The number of carbonyl (C=O) groups is 1. The number of carbonyl (C=O) groups excluding carboxylic acids is 1. The minimum Gasteiger partial charge on any atom is -0.383 e. The summed E-state index contributed by atoms with van der Waals surface area (Å²) in [6.07, 6.45) is 1.28. The first-order chi connectivity index (χ1) is 10.5. The quantitative estimate of drug-likeness (QED) is 0.735. The smallest absolute Gasteiger partial charge is 0.317 e. The molecule has 1 aromatic carbocycles. The SMILES string of the molecule is CCNC(=O)N1CCC2(CC1)N=C(N)c1c(F)cccc1N2.